The third-order valence-corrected chi connectivity index (χ3v) is 5.22. The lowest BCUT2D eigenvalue weighted by molar-refractivity contribution is -0.323. The van der Waals surface area contributed by atoms with Crippen molar-refractivity contribution in [3.8, 4) is 23.2 Å². The third kappa shape index (κ3) is 5.57. The smallest absolute Gasteiger partial charge is 0.369 e. The highest BCUT2D eigenvalue weighted by Crippen LogP contribution is 2.37. The molecule has 1 aliphatic rings. The molecule has 0 spiro atoms. The lowest BCUT2D eigenvalue weighted by atomic mass is 9.99. The number of benzene rings is 1. The number of anilines is 3. The highest BCUT2D eigenvalue weighted by Gasteiger charge is 2.46. The van der Waals surface area contributed by atoms with Gasteiger partial charge < -0.3 is 30.3 Å². The van der Waals surface area contributed by atoms with E-state index >= 15 is 0 Å². The zero-order valence-electron chi connectivity index (χ0n) is 19.9. The number of nitrogens with zero attached hydrogens (tertiary/aromatic N) is 7. The average Bonchev–Trinajstić information content (AvgIpc) is 3.26. The molecule has 38 heavy (non-hydrogen) atoms. The molecule has 0 radical (unpaired) electrons. The number of aryl methyl sites for hydroxylation is 1. The maximum atomic E-state index is 13.8. The molecule has 1 fully saturated rings. The Morgan fingerprint density at radius 1 is 1.24 bits per heavy atom. The predicted octanol–water partition coefficient (Wildman–Crippen LogP) is -0.578. The van der Waals surface area contributed by atoms with Crippen molar-refractivity contribution in [2.24, 2.45) is 7.05 Å². The molecule has 198 valence electrons. The number of halogens is 1. The maximum absolute atomic E-state index is 13.8. The van der Waals surface area contributed by atoms with Crippen LogP contribution in [0.15, 0.2) is 30.6 Å². The summed E-state index contributed by atoms with van der Waals surface area (Å²) in [7, 11) is 3.08. The molecule has 3 heterocycles. The minimum absolute atomic E-state index is 0.109. The van der Waals surface area contributed by atoms with Gasteiger partial charge in [0.2, 0.25) is 5.67 Å². The molecule has 0 atom stereocenters. The Balaban J connectivity index is 1.67. The molecule has 1 aliphatic heterocycles. The second-order valence-electron chi connectivity index (χ2n) is 8.20. The lowest BCUT2D eigenvalue weighted by Crippen LogP contribution is -2.61. The summed E-state index contributed by atoms with van der Waals surface area (Å²) in [6.07, 6.45) is -2.06. The second-order valence-corrected chi connectivity index (χ2v) is 8.20. The van der Waals surface area contributed by atoms with Crippen LogP contribution in [0.4, 0.5) is 26.4 Å². The quantitative estimate of drug-likeness (QED) is 0.212. The van der Waals surface area contributed by atoms with Crippen LogP contribution in [0.25, 0.3) is 11.4 Å². The second kappa shape index (κ2) is 9.85. The van der Waals surface area contributed by atoms with E-state index in [0.29, 0.717) is 17.1 Å². The summed E-state index contributed by atoms with van der Waals surface area (Å²) in [6.45, 7) is -0.878. The Morgan fingerprint density at radius 2 is 1.97 bits per heavy atom. The van der Waals surface area contributed by atoms with Crippen LogP contribution in [0.3, 0.4) is 0 Å². The number of nitriles is 1. The van der Waals surface area contributed by atoms with Crippen LogP contribution in [0.1, 0.15) is 10.5 Å². The summed E-state index contributed by atoms with van der Waals surface area (Å²) in [6, 6.07) is 6.82. The highest BCUT2D eigenvalue weighted by atomic mass is 19.1. The van der Waals surface area contributed by atoms with Gasteiger partial charge in [0.15, 0.2) is 23.1 Å². The van der Waals surface area contributed by atoms with Crippen molar-refractivity contribution in [2.45, 2.75) is 11.8 Å². The van der Waals surface area contributed by atoms with E-state index < -0.39 is 42.5 Å². The van der Waals surface area contributed by atoms with Gasteiger partial charge in [-0.2, -0.15) is 10.4 Å². The first-order valence-corrected chi connectivity index (χ1v) is 10.7. The first kappa shape index (κ1) is 26.2. The van der Waals surface area contributed by atoms with Crippen molar-refractivity contribution in [3.63, 3.8) is 0 Å². The standard InChI is InChI=1S/C21H21FN10O6/c1-31-10-24-17(30-31)11-4-3-5-12(16(11)38-2)25-13-6-14(26-19(34)32-8-20(22,7-23)9-32)28-29-15(13)18(33)27-21(35,36)37/h3-6,10,35-37H,8-9H2,1-2H3,(H,27,33)(H2,25,26,28,34). The number of likely N-dealkylation sites (tertiary alicyclic amines) is 1. The number of aliphatic hydroxyl groups is 3. The van der Waals surface area contributed by atoms with Crippen LogP contribution in [0.5, 0.6) is 5.75 Å². The van der Waals surface area contributed by atoms with Gasteiger partial charge >= 0.3 is 12.1 Å². The number of hydrogen-bond acceptors (Lipinski definition) is 12. The van der Waals surface area contributed by atoms with E-state index in [2.05, 4.69) is 30.9 Å². The number of alkyl halides is 1. The van der Waals surface area contributed by atoms with E-state index in [-0.39, 0.29) is 17.3 Å². The van der Waals surface area contributed by atoms with Crippen molar-refractivity contribution < 1.29 is 34.0 Å². The van der Waals surface area contributed by atoms with Crippen molar-refractivity contribution in [3.05, 3.63) is 36.3 Å². The number of aromatic nitrogens is 5. The molecular weight excluding hydrogens is 507 g/mol. The van der Waals surface area contributed by atoms with Gasteiger partial charge in [-0.05, 0) is 12.1 Å². The van der Waals surface area contributed by atoms with E-state index in [1.54, 1.807) is 25.2 Å². The van der Waals surface area contributed by atoms with Crippen LogP contribution in [0.2, 0.25) is 0 Å². The van der Waals surface area contributed by atoms with E-state index in [1.165, 1.54) is 35.6 Å². The fraction of sp³-hybridized carbons (Fsp3) is 0.286. The first-order chi connectivity index (χ1) is 17.9. The number of amides is 3. The summed E-state index contributed by atoms with van der Waals surface area (Å²) >= 11 is 0. The molecule has 1 saturated heterocycles. The number of carbonyl (C=O) groups is 2. The van der Waals surface area contributed by atoms with Gasteiger partial charge in [0.05, 0.1) is 37.1 Å². The first-order valence-electron chi connectivity index (χ1n) is 10.7. The van der Waals surface area contributed by atoms with Gasteiger partial charge in [-0.25, -0.2) is 14.2 Å². The molecule has 6 N–H and O–H groups in total. The van der Waals surface area contributed by atoms with Crippen LogP contribution in [0, 0.1) is 11.3 Å². The minimum atomic E-state index is -3.55. The van der Waals surface area contributed by atoms with Crippen LogP contribution >= 0.6 is 0 Å². The topological polar surface area (TPSA) is 224 Å². The van der Waals surface area contributed by atoms with Crippen molar-refractivity contribution in [1.29, 1.82) is 5.26 Å². The van der Waals surface area contributed by atoms with E-state index in [4.69, 9.17) is 25.3 Å². The Hall–Kier alpha value is -4.92. The SMILES string of the molecule is COc1c(Nc2cc(NC(=O)N3CC(F)(C#N)C3)nnc2C(=O)NC(O)(O)O)cccc1-c1ncn(C)n1. The number of rotatable bonds is 7. The number of hydrogen-bond donors (Lipinski definition) is 6. The molecule has 0 saturated carbocycles. The zero-order chi connectivity index (χ0) is 27.7. The minimum Gasteiger partial charge on any atom is -0.494 e. The molecule has 17 heteroatoms. The van der Waals surface area contributed by atoms with Gasteiger partial charge in [0.1, 0.15) is 12.4 Å². The van der Waals surface area contributed by atoms with Crippen LogP contribution in [-0.4, -0.2) is 89.1 Å². The van der Waals surface area contributed by atoms with Gasteiger partial charge in [-0.3, -0.25) is 20.1 Å². The Labute approximate surface area is 213 Å². The van der Waals surface area contributed by atoms with Crippen molar-refractivity contribution in [2.75, 3.05) is 30.8 Å². The van der Waals surface area contributed by atoms with Gasteiger partial charge in [0, 0.05) is 13.1 Å². The molecule has 2 aromatic heterocycles. The molecule has 16 nitrogen and oxygen atoms in total. The zero-order valence-corrected chi connectivity index (χ0v) is 19.9. The number of para-hydroxylation sites is 1. The maximum Gasteiger partial charge on any atom is 0.369 e. The third-order valence-electron chi connectivity index (χ3n) is 5.22. The monoisotopic (exact) mass is 528 g/mol. The number of ether oxygens (including phenoxy) is 1. The number of carbonyl (C=O) groups excluding carboxylic acids is 2. The van der Waals surface area contributed by atoms with Gasteiger partial charge in [0.25, 0.3) is 5.91 Å². The average molecular weight is 528 g/mol. The fourth-order valence-corrected chi connectivity index (χ4v) is 3.53. The van der Waals surface area contributed by atoms with Crippen LogP contribution < -0.4 is 20.7 Å². The summed E-state index contributed by atoms with van der Waals surface area (Å²) < 4.78 is 20.9. The molecule has 0 aliphatic carbocycles. The van der Waals surface area contributed by atoms with E-state index in [1.807, 2.05) is 0 Å². The molecule has 1 aromatic carbocycles. The molecule has 4 rings (SSSR count). The Bertz CT molecular complexity index is 1430. The molecule has 3 amide bonds. The van der Waals surface area contributed by atoms with Gasteiger partial charge in [-0.15, -0.1) is 10.2 Å². The normalized spacial score (nSPS) is 14.2. The summed E-state index contributed by atoms with van der Waals surface area (Å²) in [4.78, 5) is 30.2. The molecule has 0 unspecified atom stereocenters. The Kier molecular flexibility index (Phi) is 6.78. The Morgan fingerprint density at radius 3 is 2.58 bits per heavy atom. The highest BCUT2D eigenvalue weighted by molar-refractivity contribution is 6.00. The van der Waals surface area contributed by atoms with E-state index in [0.717, 1.165) is 4.90 Å². The summed E-state index contributed by atoms with van der Waals surface area (Å²) in [5.74, 6) is -0.809. The van der Waals surface area contributed by atoms with Crippen molar-refractivity contribution >= 4 is 29.1 Å². The largest absolute Gasteiger partial charge is 0.494 e. The molecular formula is C21H21FN10O6. The number of nitrogens with one attached hydrogen (secondary N) is 3. The lowest BCUT2D eigenvalue weighted by Gasteiger charge is -2.39. The van der Waals surface area contributed by atoms with E-state index in [9.17, 15) is 14.0 Å². The molecule has 3 aromatic rings. The summed E-state index contributed by atoms with van der Waals surface area (Å²) in [5, 5.41) is 54.7. The summed E-state index contributed by atoms with van der Waals surface area (Å²) in [5.41, 5.74) is -1.97. The van der Waals surface area contributed by atoms with Crippen molar-refractivity contribution in [1.82, 2.24) is 35.2 Å². The van der Waals surface area contributed by atoms with Gasteiger partial charge in [-0.1, -0.05) is 6.07 Å². The molecule has 0 bridgehead atoms. The fourth-order valence-electron chi connectivity index (χ4n) is 3.53. The predicted molar refractivity (Wildman–Crippen MR) is 125 cm³/mol. The number of methoxy groups -OCH3 is 1. The number of urea groups is 1. The van der Waals surface area contributed by atoms with Crippen LogP contribution in [-0.2, 0) is 7.05 Å².